The Kier molecular flexibility index (Phi) is 2.79. The Balaban J connectivity index is 1.88. The van der Waals surface area contributed by atoms with Gasteiger partial charge in [0, 0.05) is 31.3 Å². The van der Waals surface area contributed by atoms with Gasteiger partial charge in [-0.05, 0) is 5.56 Å². The zero-order chi connectivity index (χ0) is 15.3. The summed E-state index contributed by atoms with van der Waals surface area (Å²) in [4.78, 5) is 12.4. The predicted molar refractivity (Wildman–Crippen MR) is 85.1 cm³/mol. The molecule has 1 aromatic heterocycles. The molecule has 2 aromatic rings. The Morgan fingerprint density at radius 3 is 2.82 bits per heavy atom. The molecule has 0 saturated heterocycles. The van der Waals surface area contributed by atoms with E-state index in [1.807, 2.05) is 23.8 Å². The monoisotopic (exact) mass is 292 g/mol. The summed E-state index contributed by atoms with van der Waals surface area (Å²) in [5, 5.41) is 0. The Morgan fingerprint density at radius 2 is 2.05 bits per heavy atom. The largest absolute Gasteiger partial charge is 0.395 e. The smallest absolute Gasteiger partial charge is 0.226 e. The summed E-state index contributed by atoms with van der Waals surface area (Å²) in [5.41, 5.74) is 11.7. The normalized spacial score (nSPS) is 16.6. The predicted octanol–water partition coefficient (Wildman–Crippen LogP) is 1.62. The van der Waals surface area contributed by atoms with Crippen LogP contribution in [0.25, 0.3) is 0 Å². The molecule has 0 fully saturated rings. The van der Waals surface area contributed by atoms with Crippen LogP contribution in [0.3, 0.4) is 0 Å². The van der Waals surface area contributed by atoms with Crippen LogP contribution >= 0.6 is 0 Å². The number of hydrogen-bond donors (Lipinski definition) is 1. The van der Waals surface area contributed by atoms with E-state index in [2.05, 4.69) is 35.0 Å². The van der Waals surface area contributed by atoms with Crippen LogP contribution in [0.5, 0.6) is 0 Å². The standard InChI is InChI=1S/C18H17N3O/c1-20-11-13-7-8-21(10-12-5-3-2-4-6-12)15-9-14(19)18(22)17(20)16(13)15/h2-6,9,11,19H,7-8,10H2,1H3/p+1. The lowest BCUT2D eigenvalue weighted by Crippen LogP contribution is -2.34. The molecule has 22 heavy (non-hydrogen) atoms. The molecule has 0 atom stereocenters. The number of nitrogens with zero attached hydrogens (tertiary/aromatic N) is 2. The maximum absolute atomic E-state index is 12.4. The number of carbonyl (C=O) groups is 1. The van der Waals surface area contributed by atoms with Crippen molar-refractivity contribution >= 4 is 11.5 Å². The fourth-order valence-corrected chi connectivity index (χ4v) is 3.46. The Bertz CT molecular complexity index is 841. The summed E-state index contributed by atoms with van der Waals surface area (Å²) in [5.74, 6) is -0.0611. The molecule has 0 unspecified atom stereocenters. The van der Waals surface area contributed by atoms with E-state index in [-0.39, 0.29) is 5.78 Å². The van der Waals surface area contributed by atoms with E-state index in [9.17, 15) is 4.79 Å². The van der Waals surface area contributed by atoms with Gasteiger partial charge >= 0.3 is 0 Å². The fourth-order valence-electron chi connectivity index (χ4n) is 3.46. The van der Waals surface area contributed by atoms with Crippen LogP contribution in [0.4, 0.5) is 0 Å². The quantitative estimate of drug-likeness (QED) is 0.855. The first-order chi connectivity index (χ1) is 10.6. The molecule has 0 saturated carbocycles. The van der Waals surface area contributed by atoms with Crippen molar-refractivity contribution in [1.29, 1.82) is 0 Å². The van der Waals surface area contributed by atoms with Crippen molar-refractivity contribution < 1.29 is 9.37 Å². The molecule has 1 aromatic carbocycles. The van der Waals surface area contributed by atoms with Gasteiger partial charge in [0.2, 0.25) is 11.5 Å². The van der Waals surface area contributed by atoms with Gasteiger partial charge in [-0.1, -0.05) is 30.3 Å². The number of benzene rings is 1. The Hall–Kier alpha value is -2.62. The first kappa shape index (κ1) is 13.1. The van der Waals surface area contributed by atoms with Crippen molar-refractivity contribution in [1.82, 2.24) is 4.57 Å². The number of rotatable bonds is 2. The van der Waals surface area contributed by atoms with Gasteiger partial charge in [-0.3, -0.25) is 4.79 Å². The Labute approximate surface area is 129 Å². The van der Waals surface area contributed by atoms with Crippen molar-refractivity contribution in [3.63, 3.8) is 0 Å². The lowest BCUT2D eigenvalue weighted by molar-refractivity contribution is -0.543. The summed E-state index contributed by atoms with van der Waals surface area (Å²) >= 11 is 0. The number of nitrogens with two attached hydrogens (primary N) is 1. The molecule has 4 rings (SSSR count). The van der Waals surface area contributed by atoms with E-state index in [0.717, 1.165) is 36.5 Å². The fraction of sp³-hybridized carbons (Fsp3) is 0.222. The number of allylic oxidation sites excluding steroid dienone is 2. The lowest BCUT2D eigenvalue weighted by atomic mass is 9.91. The van der Waals surface area contributed by atoms with E-state index >= 15 is 0 Å². The minimum atomic E-state index is -0.0611. The Morgan fingerprint density at radius 1 is 1.27 bits per heavy atom. The molecular weight excluding hydrogens is 274 g/mol. The van der Waals surface area contributed by atoms with E-state index in [4.69, 9.17) is 5.73 Å². The SMILES string of the molecule is Cn1cc2c3c1C(=O)C(N)=CC3=[N+](Cc1ccccc1)CC2. The number of ketones is 1. The molecule has 0 spiro atoms. The second kappa shape index (κ2) is 4.70. The molecule has 0 bridgehead atoms. The average molecular weight is 292 g/mol. The highest BCUT2D eigenvalue weighted by Crippen LogP contribution is 2.28. The molecule has 0 amide bonds. The van der Waals surface area contributed by atoms with Gasteiger partial charge in [0.1, 0.15) is 12.2 Å². The number of carbonyl (C=O) groups excluding carboxylic acids is 1. The average Bonchev–Trinajstić information content (AvgIpc) is 2.86. The highest BCUT2D eigenvalue weighted by atomic mass is 16.1. The highest BCUT2D eigenvalue weighted by Gasteiger charge is 2.36. The second-order valence-electron chi connectivity index (χ2n) is 5.96. The van der Waals surface area contributed by atoms with Gasteiger partial charge in [-0.2, -0.15) is 0 Å². The van der Waals surface area contributed by atoms with Crippen LogP contribution in [-0.2, 0) is 20.0 Å². The molecule has 2 heterocycles. The maximum Gasteiger partial charge on any atom is 0.226 e. The van der Waals surface area contributed by atoms with Crippen LogP contribution in [0.2, 0.25) is 0 Å². The zero-order valence-corrected chi connectivity index (χ0v) is 12.5. The molecule has 110 valence electrons. The van der Waals surface area contributed by atoms with E-state index in [0.29, 0.717) is 5.70 Å². The van der Waals surface area contributed by atoms with Crippen molar-refractivity contribution in [2.75, 3.05) is 6.54 Å². The first-order valence-corrected chi connectivity index (χ1v) is 7.51. The van der Waals surface area contributed by atoms with Crippen LogP contribution in [0.1, 0.15) is 27.2 Å². The van der Waals surface area contributed by atoms with Gasteiger partial charge in [0.25, 0.3) is 0 Å². The van der Waals surface area contributed by atoms with Crippen molar-refractivity contribution in [2.24, 2.45) is 12.8 Å². The van der Waals surface area contributed by atoms with E-state index in [1.165, 1.54) is 11.1 Å². The summed E-state index contributed by atoms with van der Waals surface area (Å²) in [6.07, 6.45) is 4.87. The van der Waals surface area contributed by atoms with Crippen LogP contribution in [0, 0.1) is 0 Å². The van der Waals surface area contributed by atoms with Crippen LogP contribution in [-0.4, -0.2) is 27.2 Å². The minimum absolute atomic E-state index is 0.0611. The summed E-state index contributed by atoms with van der Waals surface area (Å²) in [7, 11) is 1.92. The summed E-state index contributed by atoms with van der Waals surface area (Å²) in [6, 6.07) is 10.4. The van der Waals surface area contributed by atoms with E-state index < -0.39 is 0 Å². The van der Waals surface area contributed by atoms with Crippen LogP contribution in [0.15, 0.2) is 48.3 Å². The summed E-state index contributed by atoms with van der Waals surface area (Å²) < 4.78 is 4.24. The molecule has 2 aliphatic rings. The molecule has 4 nitrogen and oxygen atoms in total. The highest BCUT2D eigenvalue weighted by molar-refractivity contribution is 6.24. The number of aryl methyl sites for hydroxylation is 1. The molecule has 2 N–H and O–H groups in total. The zero-order valence-electron chi connectivity index (χ0n) is 12.5. The number of Topliss-reactive ketones (excluding diaryl/α,β-unsaturated/α-hetero) is 1. The maximum atomic E-state index is 12.4. The lowest BCUT2D eigenvalue weighted by Gasteiger charge is -2.18. The van der Waals surface area contributed by atoms with Crippen LogP contribution < -0.4 is 5.73 Å². The molecule has 0 radical (unpaired) electrons. The number of hydrogen-bond acceptors (Lipinski definition) is 2. The second-order valence-corrected chi connectivity index (χ2v) is 5.96. The van der Waals surface area contributed by atoms with Crippen molar-refractivity contribution in [2.45, 2.75) is 13.0 Å². The van der Waals surface area contributed by atoms with Gasteiger partial charge < -0.3 is 10.3 Å². The minimum Gasteiger partial charge on any atom is -0.395 e. The topological polar surface area (TPSA) is 51.0 Å². The third kappa shape index (κ3) is 1.84. The van der Waals surface area contributed by atoms with Gasteiger partial charge in [-0.25, -0.2) is 4.58 Å². The van der Waals surface area contributed by atoms with Crippen molar-refractivity contribution in [3.05, 3.63) is 70.7 Å². The van der Waals surface area contributed by atoms with E-state index in [1.54, 1.807) is 0 Å². The van der Waals surface area contributed by atoms with Gasteiger partial charge in [-0.15, -0.1) is 0 Å². The molecule has 1 aliphatic carbocycles. The van der Waals surface area contributed by atoms with Gasteiger partial charge in [0.15, 0.2) is 6.54 Å². The third-order valence-corrected chi connectivity index (χ3v) is 4.49. The molecule has 4 heteroatoms. The number of aromatic nitrogens is 1. The third-order valence-electron chi connectivity index (χ3n) is 4.49. The summed E-state index contributed by atoms with van der Waals surface area (Å²) in [6.45, 7) is 1.78. The van der Waals surface area contributed by atoms with Crippen molar-refractivity contribution in [3.8, 4) is 0 Å². The first-order valence-electron chi connectivity index (χ1n) is 7.51. The van der Waals surface area contributed by atoms with Gasteiger partial charge in [0.05, 0.1) is 11.3 Å². The molecular formula is C18H18N3O+. The molecule has 1 aliphatic heterocycles.